The molecule has 3 aromatic rings. The van der Waals surface area contributed by atoms with Gasteiger partial charge >= 0.3 is 5.97 Å². The summed E-state index contributed by atoms with van der Waals surface area (Å²) in [5, 5.41) is 0. The van der Waals surface area contributed by atoms with Crippen molar-refractivity contribution in [1.29, 1.82) is 0 Å². The Bertz CT molecular complexity index is 1110. The fraction of sp³-hybridized carbons (Fsp3) is 0.136. The van der Waals surface area contributed by atoms with Gasteiger partial charge in [0, 0.05) is 19.3 Å². The maximum absolute atomic E-state index is 13.1. The molecule has 148 valence electrons. The van der Waals surface area contributed by atoms with Crippen molar-refractivity contribution in [1.82, 2.24) is 4.57 Å². The van der Waals surface area contributed by atoms with Gasteiger partial charge in [0.2, 0.25) is 0 Å². The van der Waals surface area contributed by atoms with Crippen LogP contribution in [0.15, 0.2) is 71.7 Å². The molecule has 0 bridgehead atoms. The summed E-state index contributed by atoms with van der Waals surface area (Å²) < 4.78 is 19.2. The second-order valence-corrected chi connectivity index (χ2v) is 6.38. The average Bonchev–Trinajstić information content (AvgIpc) is 2.75. The predicted molar refractivity (Wildman–Crippen MR) is 107 cm³/mol. The van der Waals surface area contributed by atoms with Crippen LogP contribution in [0.5, 0.6) is 0 Å². The molecule has 0 spiro atoms. The van der Waals surface area contributed by atoms with E-state index in [0.717, 1.165) is 5.56 Å². The standard InChI is InChI=1S/C22H19FN2O4/c1-24(19-6-4-3-5-18(19)22(28)29-2)21(27)16-9-12-20(26)25(14-16)13-15-7-10-17(23)11-8-15/h3-12,14H,13H2,1-2H3. The van der Waals surface area contributed by atoms with E-state index in [0.29, 0.717) is 5.69 Å². The van der Waals surface area contributed by atoms with Crippen LogP contribution in [0, 0.1) is 5.82 Å². The summed E-state index contributed by atoms with van der Waals surface area (Å²) in [6.07, 6.45) is 1.45. The Balaban J connectivity index is 1.91. The number of esters is 1. The third kappa shape index (κ3) is 4.40. The fourth-order valence-electron chi connectivity index (χ4n) is 2.92. The maximum Gasteiger partial charge on any atom is 0.339 e. The third-order valence-electron chi connectivity index (χ3n) is 4.47. The van der Waals surface area contributed by atoms with E-state index < -0.39 is 11.9 Å². The molecular weight excluding hydrogens is 375 g/mol. The van der Waals surface area contributed by atoms with Crippen LogP contribution in [0.3, 0.4) is 0 Å². The zero-order valence-corrected chi connectivity index (χ0v) is 16.0. The van der Waals surface area contributed by atoms with E-state index in [1.165, 1.54) is 47.0 Å². The minimum atomic E-state index is -0.554. The Kier molecular flexibility index (Phi) is 5.87. The number of rotatable bonds is 5. The van der Waals surface area contributed by atoms with Crippen LogP contribution in [0.25, 0.3) is 0 Å². The van der Waals surface area contributed by atoms with Crippen LogP contribution < -0.4 is 10.5 Å². The lowest BCUT2D eigenvalue weighted by molar-refractivity contribution is 0.0601. The lowest BCUT2D eigenvalue weighted by Crippen LogP contribution is -2.30. The van der Waals surface area contributed by atoms with Crippen LogP contribution in [0.1, 0.15) is 26.3 Å². The number of para-hydroxylation sites is 1. The monoisotopic (exact) mass is 394 g/mol. The van der Waals surface area contributed by atoms with Gasteiger partial charge in [0.15, 0.2) is 0 Å². The number of carbonyl (C=O) groups excluding carboxylic acids is 2. The van der Waals surface area contributed by atoms with E-state index in [9.17, 15) is 18.8 Å². The predicted octanol–water partition coefficient (Wildman–Crippen LogP) is 3.10. The van der Waals surface area contributed by atoms with E-state index in [2.05, 4.69) is 0 Å². The van der Waals surface area contributed by atoms with Crippen LogP contribution in [0.4, 0.5) is 10.1 Å². The molecule has 1 aromatic heterocycles. The highest BCUT2D eigenvalue weighted by molar-refractivity contribution is 6.09. The van der Waals surface area contributed by atoms with E-state index >= 15 is 0 Å². The summed E-state index contributed by atoms with van der Waals surface area (Å²) in [7, 11) is 2.81. The molecule has 7 heteroatoms. The first-order valence-electron chi connectivity index (χ1n) is 8.81. The number of nitrogens with zero attached hydrogens (tertiary/aromatic N) is 2. The van der Waals surface area contributed by atoms with E-state index in [1.54, 1.807) is 43.4 Å². The Labute approximate surface area is 166 Å². The van der Waals surface area contributed by atoms with Gasteiger partial charge in [0.05, 0.1) is 30.5 Å². The van der Waals surface area contributed by atoms with Gasteiger partial charge in [0.25, 0.3) is 11.5 Å². The fourth-order valence-corrected chi connectivity index (χ4v) is 2.92. The van der Waals surface area contributed by atoms with Gasteiger partial charge in [-0.1, -0.05) is 24.3 Å². The molecule has 1 heterocycles. The van der Waals surface area contributed by atoms with Crippen molar-refractivity contribution in [2.24, 2.45) is 0 Å². The molecule has 0 aliphatic rings. The highest BCUT2D eigenvalue weighted by atomic mass is 19.1. The zero-order chi connectivity index (χ0) is 21.0. The van der Waals surface area contributed by atoms with E-state index in [-0.39, 0.29) is 29.0 Å². The van der Waals surface area contributed by atoms with Gasteiger partial charge in [-0.15, -0.1) is 0 Å². The number of benzene rings is 2. The summed E-state index contributed by atoms with van der Waals surface area (Å²) >= 11 is 0. The Morgan fingerprint density at radius 1 is 1.03 bits per heavy atom. The molecule has 1 amide bonds. The summed E-state index contributed by atoms with van der Waals surface area (Å²) in [5.74, 6) is -1.31. The second-order valence-electron chi connectivity index (χ2n) is 6.38. The number of hydrogen-bond acceptors (Lipinski definition) is 4. The SMILES string of the molecule is COC(=O)c1ccccc1N(C)C(=O)c1ccc(=O)n(Cc2ccc(F)cc2)c1. The highest BCUT2D eigenvalue weighted by Gasteiger charge is 2.20. The molecule has 3 rings (SSSR count). The van der Waals surface area contributed by atoms with E-state index in [4.69, 9.17) is 4.74 Å². The van der Waals surface area contributed by atoms with Gasteiger partial charge in [-0.05, 0) is 35.9 Å². The van der Waals surface area contributed by atoms with Crippen molar-refractivity contribution in [3.63, 3.8) is 0 Å². The molecule has 0 aliphatic carbocycles. The quantitative estimate of drug-likeness (QED) is 0.624. The van der Waals surface area contributed by atoms with Crippen LogP contribution in [-0.4, -0.2) is 30.6 Å². The summed E-state index contributed by atoms with van der Waals surface area (Å²) in [5.41, 5.74) is 1.35. The Morgan fingerprint density at radius 3 is 2.41 bits per heavy atom. The van der Waals surface area contributed by atoms with Crippen molar-refractivity contribution < 1.29 is 18.7 Å². The second kappa shape index (κ2) is 8.52. The van der Waals surface area contributed by atoms with Crippen molar-refractivity contribution in [2.75, 3.05) is 19.1 Å². The van der Waals surface area contributed by atoms with Crippen LogP contribution >= 0.6 is 0 Å². The number of hydrogen-bond donors (Lipinski definition) is 0. The molecule has 0 fully saturated rings. The first-order chi connectivity index (χ1) is 13.9. The number of amides is 1. The molecular formula is C22H19FN2O4. The van der Waals surface area contributed by atoms with Crippen LogP contribution in [0.2, 0.25) is 0 Å². The molecule has 6 nitrogen and oxygen atoms in total. The first kappa shape index (κ1) is 20.0. The van der Waals surface area contributed by atoms with Crippen molar-refractivity contribution in [3.05, 3.63) is 99.7 Å². The molecule has 29 heavy (non-hydrogen) atoms. The third-order valence-corrected chi connectivity index (χ3v) is 4.47. The number of halogens is 1. The van der Waals surface area contributed by atoms with Crippen molar-refractivity contribution in [2.45, 2.75) is 6.54 Å². The number of methoxy groups -OCH3 is 1. The molecule has 0 saturated carbocycles. The normalized spacial score (nSPS) is 10.4. The minimum absolute atomic E-state index is 0.197. The summed E-state index contributed by atoms with van der Waals surface area (Å²) in [6, 6.07) is 15.1. The number of anilines is 1. The largest absolute Gasteiger partial charge is 0.465 e. The molecule has 0 unspecified atom stereocenters. The lowest BCUT2D eigenvalue weighted by atomic mass is 10.1. The van der Waals surface area contributed by atoms with E-state index in [1.807, 2.05) is 0 Å². The molecule has 0 atom stereocenters. The molecule has 2 aromatic carbocycles. The maximum atomic E-state index is 13.1. The van der Waals surface area contributed by atoms with Gasteiger partial charge in [0.1, 0.15) is 5.82 Å². The highest BCUT2D eigenvalue weighted by Crippen LogP contribution is 2.21. The van der Waals surface area contributed by atoms with Gasteiger partial charge in [-0.25, -0.2) is 9.18 Å². The average molecular weight is 394 g/mol. The number of ether oxygens (including phenoxy) is 1. The molecule has 0 N–H and O–H groups in total. The summed E-state index contributed by atoms with van der Waals surface area (Å²) in [6.45, 7) is 0.197. The number of pyridine rings is 1. The van der Waals surface area contributed by atoms with Crippen LogP contribution in [-0.2, 0) is 11.3 Å². The number of aromatic nitrogens is 1. The molecule has 0 aliphatic heterocycles. The van der Waals surface area contributed by atoms with Gasteiger partial charge in [-0.3, -0.25) is 9.59 Å². The Hall–Kier alpha value is -3.74. The number of carbonyl (C=O) groups is 2. The minimum Gasteiger partial charge on any atom is -0.465 e. The topological polar surface area (TPSA) is 68.6 Å². The van der Waals surface area contributed by atoms with Crippen molar-refractivity contribution >= 4 is 17.6 Å². The first-order valence-corrected chi connectivity index (χ1v) is 8.81. The molecule has 0 saturated heterocycles. The summed E-state index contributed by atoms with van der Waals surface area (Å²) in [4.78, 5) is 38.5. The molecule has 0 radical (unpaired) electrons. The lowest BCUT2D eigenvalue weighted by Gasteiger charge is -2.20. The van der Waals surface area contributed by atoms with Crippen molar-refractivity contribution in [3.8, 4) is 0 Å². The Morgan fingerprint density at radius 2 is 1.72 bits per heavy atom. The van der Waals surface area contributed by atoms with Gasteiger partial charge in [-0.2, -0.15) is 0 Å². The zero-order valence-electron chi connectivity index (χ0n) is 16.0. The smallest absolute Gasteiger partial charge is 0.339 e. The van der Waals surface area contributed by atoms with Gasteiger partial charge < -0.3 is 14.2 Å².